The fraction of sp³-hybridized carbons (Fsp3) is 0.667. The van der Waals surface area contributed by atoms with Crippen LogP contribution in [0.2, 0.25) is 0 Å². The van der Waals surface area contributed by atoms with Crippen molar-refractivity contribution in [1.82, 2.24) is 14.9 Å². The highest BCUT2D eigenvalue weighted by molar-refractivity contribution is 5.91. The summed E-state index contributed by atoms with van der Waals surface area (Å²) in [4.78, 5) is 22.1. The Kier molecular flexibility index (Phi) is 7.21. The van der Waals surface area contributed by atoms with Crippen molar-refractivity contribution in [2.24, 2.45) is 5.92 Å². The molecule has 6 heteroatoms. The van der Waals surface area contributed by atoms with Crippen LogP contribution in [0.1, 0.15) is 64.0 Å². The van der Waals surface area contributed by atoms with E-state index >= 15 is 0 Å². The summed E-state index contributed by atoms with van der Waals surface area (Å²) < 4.78 is 0. The molecule has 2 aliphatic rings. The van der Waals surface area contributed by atoms with Crippen LogP contribution in [0.15, 0.2) is 18.0 Å². The fourth-order valence-electron chi connectivity index (χ4n) is 4.21. The van der Waals surface area contributed by atoms with E-state index in [0.29, 0.717) is 11.7 Å². The second-order valence-electron chi connectivity index (χ2n) is 8.04. The lowest BCUT2D eigenvalue weighted by Gasteiger charge is -2.23. The number of hydrogen-bond acceptors (Lipinski definition) is 5. The first kappa shape index (κ1) is 19.8. The van der Waals surface area contributed by atoms with Crippen LogP contribution in [0.3, 0.4) is 0 Å². The largest absolute Gasteiger partial charge is 0.478 e. The summed E-state index contributed by atoms with van der Waals surface area (Å²) in [5.41, 5.74) is 0.820. The van der Waals surface area contributed by atoms with Crippen molar-refractivity contribution in [3.8, 4) is 0 Å². The van der Waals surface area contributed by atoms with Gasteiger partial charge in [0.25, 0.3) is 0 Å². The van der Waals surface area contributed by atoms with E-state index in [1.54, 1.807) is 19.3 Å². The molecule has 148 valence electrons. The van der Waals surface area contributed by atoms with Gasteiger partial charge >= 0.3 is 5.97 Å². The monoisotopic (exact) mass is 372 g/mol. The molecule has 2 fully saturated rings. The third-order valence-corrected chi connectivity index (χ3v) is 5.81. The number of nitrogens with one attached hydrogen (secondary N) is 1. The number of aliphatic carboxylic acids is 1. The Morgan fingerprint density at radius 2 is 2.07 bits per heavy atom. The molecular weight excluding hydrogens is 340 g/mol. The van der Waals surface area contributed by atoms with Gasteiger partial charge in [-0.2, -0.15) is 0 Å². The fourth-order valence-corrected chi connectivity index (χ4v) is 4.21. The Hall–Kier alpha value is -1.95. The maximum atomic E-state index is 10.9. The van der Waals surface area contributed by atoms with Gasteiger partial charge < -0.3 is 15.3 Å². The van der Waals surface area contributed by atoms with E-state index in [2.05, 4.69) is 20.2 Å². The van der Waals surface area contributed by atoms with Gasteiger partial charge in [-0.15, -0.1) is 0 Å². The van der Waals surface area contributed by atoms with Crippen LogP contribution in [-0.2, 0) is 4.79 Å². The number of nitrogens with zero attached hydrogens (tertiary/aromatic N) is 3. The molecule has 3 rings (SSSR count). The molecule has 2 N–H and O–H groups in total. The molecule has 1 saturated heterocycles. The van der Waals surface area contributed by atoms with E-state index in [9.17, 15) is 4.79 Å². The predicted octanol–water partition coefficient (Wildman–Crippen LogP) is 3.81. The SMILES string of the molecule is CC(=Cc1cnc(N[C@@H]2CCN(CCCC3CCCCC3)C2)cn1)C(=O)O. The third kappa shape index (κ3) is 6.31. The zero-order valence-electron chi connectivity index (χ0n) is 16.4. The zero-order valence-corrected chi connectivity index (χ0v) is 16.4. The van der Waals surface area contributed by atoms with Gasteiger partial charge in [0.15, 0.2) is 0 Å². The molecule has 1 atom stereocenters. The molecule has 0 bridgehead atoms. The van der Waals surface area contributed by atoms with Gasteiger partial charge in [-0.3, -0.25) is 4.98 Å². The van der Waals surface area contributed by atoms with E-state index in [0.717, 1.165) is 31.2 Å². The van der Waals surface area contributed by atoms with E-state index in [1.165, 1.54) is 57.6 Å². The van der Waals surface area contributed by atoms with Gasteiger partial charge in [-0.05, 0) is 44.7 Å². The van der Waals surface area contributed by atoms with Gasteiger partial charge in [0.1, 0.15) is 5.82 Å². The Morgan fingerprint density at radius 3 is 2.78 bits per heavy atom. The predicted molar refractivity (Wildman–Crippen MR) is 108 cm³/mol. The Balaban J connectivity index is 1.39. The molecule has 1 aromatic rings. The molecule has 27 heavy (non-hydrogen) atoms. The molecule has 0 aromatic carbocycles. The van der Waals surface area contributed by atoms with Crippen LogP contribution in [0.25, 0.3) is 6.08 Å². The van der Waals surface area contributed by atoms with Crippen LogP contribution in [0.4, 0.5) is 5.82 Å². The molecule has 1 aliphatic heterocycles. The summed E-state index contributed by atoms with van der Waals surface area (Å²) >= 11 is 0. The summed E-state index contributed by atoms with van der Waals surface area (Å²) in [6, 6.07) is 0.413. The lowest BCUT2D eigenvalue weighted by atomic mass is 9.86. The molecule has 1 saturated carbocycles. The van der Waals surface area contributed by atoms with E-state index < -0.39 is 5.97 Å². The Morgan fingerprint density at radius 1 is 1.26 bits per heavy atom. The first-order valence-corrected chi connectivity index (χ1v) is 10.3. The second kappa shape index (κ2) is 9.83. The van der Waals surface area contributed by atoms with Crippen LogP contribution < -0.4 is 5.32 Å². The Bertz CT molecular complexity index is 638. The number of carboxylic acids is 1. The summed E-state index contributed by atoms with van der Waals surface area (Å²) in [5, 5.41) is 12.4. The minimum atomic E-state index is -0.937. The van der Waals surface area contributed by atoms with E-state index in [-0.39, 0.29) is 5.57 Å². The number of anilines is 1. The van der Waals surface area contributed by atoms with Crippen molar-refractivity contribution in [1.29, 1.82) is 0 Å². The molecule has 1 aromatic heterocycles. The molecule has 1 aliphatic carbocycles. The van der Waals surface area contributed by atoms with Crippen LogP contribution >= 0.6 is 0 Å². The summed E-state index contributed by atoms with van der Waals surface area (Å²) in [6.45, 7) is 4.97. The topological polar surface area (TPSA) is 78.4 Å². The number of likely N-dealkylation sites (tertiary alicyclic amines) is 1. The second-order valence-corrected chi connectivity index (χ2v) is 8.04. The Labute approximate surface area is 162 Å². The summed E-state index contributed by atoms with van der Waals surface area (Å²) in [5.74, 6) is 0.797. The highest BCUT2D eigenvalue weighted by Gasteiger charge is 2.22. The van der Waals surface area contributed by atoms with Crippen molar-refractivity contribution >= 4 is 17.9 Å². The maximum absolute atomic E-state index is 10.9. The van der Waals surface area contributed by atoms with Gasteiger partial charge in [0, 0.05) is 24.7 Å². The molecule has 6 nitrogen and oxygen atoms in total. The summed E-state index contributed by atoms with van der Waals surface area (Å²) in [6.07, 6.45) is 15.9. The lowest BCUT2D eigenvalue weighted by Crippen LogP contribution is -2.27. The zero-order chi connectivity index (χ0) is 19.1. The lowest BCUT2D eigenvalue weighted by molar-refractivity contribution is -0.132. The number of rotatable bonds is 8. The first-order valence-electron chi connectivity index (χ1n) is 10.3. The van der Waals surface area contributed by atoms with E-state index in [4.69, 9.17) is 5.11 Å². The minimum Gasteiger partial charge on any atom is -0.478 e. The van der Waals surface area contributed by atoms with Crippen molar-refractivity contribution in [2.45, 2.75) is 64.3 Å². The van der Waals surface area contributed by atoms with Crippen molar-refractivity contribution in [3.63, 3.8) is 0 Å². The quantitative estimate of drug-likeness (QED) is 0.676. The third-order valence-electron chi connectivity index (χ3n) is 5.81. The van der Waals surface area contributed by atoms with Crippen molar-refractivity contribution in [3.05, 3.63) is 23.7 Å². The average molecular weight is 373 g/mol. The van der Waals surface area contributed by atoms with Crippen LogP contribution in [0.5, 0.6) is 0 Å². The van der Waals surface area contributed by atoms with Crippen LogP contribution in [-0.4, -0.2) is 51.6 Å². The smallest absolute Gasteiger partial charge is 0.331 e. The molecule has 2 heterocycles. The number of hydrogen-bond donors (Lipinski definition) is 2. The van der Waals surface area contributed by atoms with Gasteiger partial charge in [0.2, 0.25) is 0 Å². The van der Waals surface area contributed by atoms with Crippen molar-refractivity contribution < 1.29 is 9.90 Å². The number of carboxylic acid groups (broad SMARTS) is 1. The van der Waals surface area contributed by atoms with Crippen LogP contribution in [0, 0.1) is 5.92 Å². The van der Waals surface area contributed by atoms with E-state index in [1.807, 2.05) is 0 Å². The maximum Gasteiger partial charge on any atom is 0.331 e. The van der Waals surface area contributed by atoms with Crippen molar-refractivity contribution in [2.75, 3.05) is 25.0 Å². The normalized spacial score (nSPS) is 22.1. The standard InChI is InChI=1S/C21H32N4O2/c1-16(21(26)27)12-19-13-23-20(14-22-19)24-18-9-11-25(15-18)10-5-8-17-6-3-2-4-7-17/h12-14,17-18H,2-11,15H2,1H3,(H,23,24)(H,26,27)/t18-/m1/s1. The van der Waals surface area contributed by atoms with Gasteiger partial charge in [0.05, 0.1) is 18.1 Å². The number of carbonyl (C=O) groups is 1. The molecule has 0 radical (unpaired) electrons. The minimum absolute atomic E-state index is 0.254. The molecule has 0 amide bonds. The van der Waals surface area contributed by atoms with Gasteiger partial charge in [-0.25, -0.2) is 9.78 Å². The molecular formula is C21H32N4O2. The number of aromatic nitrogens is 2. The highest BCUT2D eigenvalue weighted by Crippen LogP contribution is 2.27. The average Bonchev–Trinajstić information content (AvgIpc) is 3.11. The van der Waals surface area contributed by atoms with Gasteiger partial charge in [-0.1, -0.05) is 32.1 Å². The molecule has 0 spiro atoms. The highest BCUT2D eigenvalue weighted by atomic mass is 16.4. The first-order chi connectivity index (χ1) is 13.1. The molecule has 0 unspecified atom stereocenters. The summed E-state index contributed by atoms with van der Waals surface area (Å²) in [7, 11) is 0.